The van der Waals surface area contributed by atoms with Crippen molar-refractivity contribution < 1.29 is 9.90 Å². The van der Waals surface area contributed by atoms with Gasteiger partial charge in [0.2, 0.25) is 0 Å². The van der Waals surface area contributed by atoms with Crippen LogP contribution in [0.4, 0.5) is 0 Å². The third kappa shape index (κ3) is 2.90. The Balaban J connectivity index is 1.92. The third-order valence-electron chi connectivity index (χ3n) is 5.60. The fraction of sp³-hybridized carbons (Fsp3) is 0.318. The van der Waals surface area contributed by atoms with Gasteiger partial charge in [0.15, 0.2) is 0 Å². The molecule has 0 radical (unpaired) electrons. The number of aromatic nitrogens is 1. The summed E-state index contributed by atoms with van der Waals surface area (Å²) in [5, 5.41) is 10.5. The Labute approximate surface area is 153 Å². The number of carbonyl (C=O) groups is 1. The molecular weight excluding hydrogens is 324 g/mol. The highest BCUT2D eigenvalue weighted by Gasteiger charge is 2.31. The zero-order chi connectivity index (χ0) is 18.1. The average molecular weight is 348 g/mol. The number of hydrogen-bond acceptors (Lipinski definition) is 2. The van der Waals surface area contributed by atoms with E-state index >= 15 is 0 Å². The molecule has 0 saturated carbocycles. The maximum absolute atomic E-state index is 11.8. The van der Waals surface area contributed by atoms with Crippen molar-refractivity contribution in [1.29, 1.82) is 0 Å². The Hall–Kier alpha value is -2.59. The summed E-state index contributed by atoms with van der Waals surface area (Å²) in [4.78, 5) is 14.2. The van der Waals surface area contributed by atoms with Gasteiger partial charge in [-0.05, 0) is 38.1 Å². The summed E-state index contributed by atoms with van der Waals surface area (Å²) in [5.74, 6) is -0.872. The summed E-state index contributed by atoms with van der Waals surface area (Å²) >= 11 is 0. The van der Waals surface area contributed by atoms with Crippen molar-refractivity contribution >= 4 is 16.9 Å². The van der Waals surface area contributed by atoms with Crippen molar-refractivity contribution in [2.75, 3.05) is 13.6 Å². The molecule has 1 saturated heterocycles. The molecule has 2 aromatic carbocycles. The Morgan fingerprint density at radius 3 is 2.54 bits per heavy atom. The predicted molar refractivity (Wildman–Crippen MR) is 104 cm³/mol. The van der Waals surface area contributed by atoms with Crippen molar-refractivity contribution in [1.82, 2.24) is 9.47 Å². The monoisotopic (exact) mass is 348 g/mol. The minimum Gasteiger partial charge on any atom is -0.478 e. The number of piperidine rings is 1. The predicted octanol–water partition coefficient (Wildman–Crippen LogP) is 4.41. The first-order chi connectivity index (χ1) is 12.7. The lowest BCUT2D eigenvalue weighted by Gasteiger charge is -2.39. The number of aromatic carboxylic acids is 1. The van der Waals surface area contributed by atoms with Gasteiger partial charge in [-0.2, -0.15) is 0 Å². The molecule has 0 bridgehead atoms. The van der Waals surface area contributed by atoms with Gasteiger partial charge in [0.1, 0.15) is 0 Å². The van der Waals surface area contributed by atoms with Gasteiger partial charge < -0.3 is 14.6 Å². The number of nitrogens with zero attached hydrogens (tertiary/aromatic N) is 2. The minimum absolute atomic E-state index is 0.0968. The van der Waals surface area contributed by atoms with E-state index in [4.69, 9.17) is 0 Å². The smallest absolute Gasteiger partial charge is 0.337 e. The third-order valence-corrected chi connectivity index (χ3v) is 5.60. The van der Waals surface area contributed by atoms with Crippen LogP contribution in [0.15, 0.2) is 60.8 Å². The molecule has 2 atom stereocenters. The number of benzene rings is 2. The van der Waals surface area contributed by atoms with Gasteiger partial charge in [0, 0.05) is 23.1 Å². The van der Waals surface area contributed by atoms with Crippen LogP contribution < -0.4 is 0 Å². The fourth-order valence-electron chi connectivity index (χ4n) is 4.32. The second-order valence-corrected chi connectivity index (χ2v) is 7.17. The van der Waals surface area contributed by atoms with Crippen molar-refractivity contribution in [3.63, 3.8) is 0 Å². The summed E-state index contributed by atoms with van der Waals surface area (Å²) in [6.45, 7) is 1.08. The SMILES string of the molecule is CN1CCCCC1C(c1ccccc1)n1cc(C(=O)O)c2ccccc21. The molecule has 0 spiro atoms. The van der Waals surface area contributed by atoms with Crippen LogP contribution in [-0.4, -0.2) is 40.2 Å². The highest BCUT2D eigenvalue weighted by Crippen LogP contribution is 2.35. The molecule has 0 amide bonds. The topological polar surface area (TPSA) is 45.5 Å². The zero-order valence-electron chi connectivity index (χ0n) is 15.0. The van der Waals surface area contributed by atoms with E-state index in [0.717, 1.165) is 23.9 Å². The van der Waals surface area contributed by atoms with Gasteiger partial charge >= 0.3 is 5.97 Å². The lowest BCUT2D eigenvalue weighted by atomic mass is 9.91. The standard InChI is InChI=1S/C22H24N2O2/c1-23-14-8-7-13-20(23)21(16-9-3-2-4-10-16)24-15-18(22(25)26)17-11-5-6-12-19(17)24/h2-6,9-12,15,20-21H,7-8,13-14H2,1H3,(H,25,26). The summed E-state index contributed by atoms with van der Waals surface area (Å²) in [7, 11) is 2.18. The van der Waals surface area contributed by atoms with Crippen LogP contribution in [0.25, 0.3) is 10.9 Å². The van der Waals surface area contributed by atoms with E-state index in [1.165, 1.54) is 18.4 Å². The van der Waals surface area contributed by atoms with E-state index in [1.54, 1.807) is 0 Å². The van der Waals surface area contributed by atoms with Gasteiger partial charge in [-0.15, -0.1) is 0 Å². The summed E-state index contributed by atoms with van der Waals surface area (Å²) in [6, 6.07) is 18.7. The molecule has 0 aliphatic carbocycles. The van der Waals surface area contributed by atoms with E-state index in [2.05, 4.69) is 40.8 Å². The van der Waals surface area contributed by atoms with Gasteiger partial charge in [-0.1, -0.05) is 55.0 Å². The molecule has 4 heteroatoms. The number of fused-ring (bicyclic) bond motifs is 1. The van der Waals surface area contributed by atoms with Crippen LogP contribution in [0.3, 0.4) is 0 Å². The number of carboxylic acid groups (broad SMARTS) is 1. The Morgan fingerprint density at radius 1 is 1.08 bits per heavy atom. The number of likely N-dealkylation sites (N-methyl/N-ethyl adjacent to an activating group) is 1. The van der Waals surface area contributed by atoms with Gasteiger partial charge in [-0.25, -0.2) is 4.79 Å². The van der Waals surface area contributed by atoms with Crippen LogP contribution in [0.5, 0.6) is 0 Å². The van der Waals surface area contributed by atoms with Gasteiger partial charge in [0.25, 0.3) is 0 Å². The first kappa shape index (κ1) is 16.9. The van der Waals surface area contributed by atoms with E-state index in [-0.39, 0.29) is 6.04 Å². The van der Waals surface area contributed by atoms with E-state index < -0.39 is 5.97 Å². The van der Waals surface area contributed by atoms with E-state index in [0.29, 0.717) is 11.6 Å². The molecule has 26 heavy (non-hydrogen) atoms. The maximum Gasteiger partial charge on any atom is 0.337 e. The molecule has 1 N–H and O–H groups in total. The van der Waals surface area contributed by atoms with Crippen molar-refractivity contribution in [3.8, 4) is 0 Å². The van der Waals surface area contributed by atoms with Crippen LogP contribution in [0.1, 0.15) is 41.2 Å². The van der Waals surface area contributed by atoms with Crippen molar-refractivity contribution in [3.05, 3.63) is 71.9 Å². The summed E-state index contributed by atoms with van der Waals surface area (Å²) in [6.07, 6.45) is 5.38. The second kappa shape index (κ2) is 6.96. The highest BCUT2D eigenvalue weighted by atomic mass is 16.4. The van der Waals surface area contributed by atoms with Gasteiger partial charge in [-0.3, -0.25) is 0 Å². The molecule has 3 aromatic rings. The Morgan fingerprint density at radius 2 is 1.81 bits per heavy atom. The highest BCUT2D eigenvalue weighted by molar-refractivity contribution is 6.03. The van der Waals surface area contributed by atoms with Crippen LogP contribution in [-0.2, 0) is 0 Å². The number of para-hydroxylation sites is 1. The molecule has 1 aliphatic rings. The summed E-state index contributed by atoms with van der Waals surface area (Å²) in [5.41, 5.74) is 2.58. The van der Waals surface area contributed by atoms with Crippen LogP contribution in [0.2, 0.25) is 0 Å². The Bertz CT molecular complexity index is 916. The molecule has 1 fully saturated rings. The molecular formula is C22H24N2O2. The quantitative estimate of drug-likeness (QED) is 0.759. The molecule has 134 valence electrons. The van der Waals surface area contributed by atoms with Crippen LogP contribution in [0, 0.1) is 0 Å². The number of hydrogen-bond donors (Lipinski definition) is 1. The zero-order valence-corrected chi connectivity index (χ0v) is 15.0. The number of rotatable bonds is 4. The van der Waals surface area contributed by atoms with E-state index in [9.17, 15) is 9.90 Å². The van der Waals surface area contributed by atoms with Crippen molar-refractivity contribution in [2.24, 2.45) is 0 Å². The molecule has 1 aromatic heterocycles. The maximum atomic E-state index is 11.8. The molecule has 1 aliphatic heterocycles. The molecule has 2 heterocycles. The second-order valence-electron chi connectivity index (χ2n) is 7.17. The van der Waals surface area contributed by atoms with E-state index in [1.807, 2.05) is 36.5 Å². The summed E-state index contributed by atoms with van der Waals surface area (Å²) < 4.78 is 2.18. The average Bonchev–Trinajstić information content (AvgIpc) is 3.04. The molecule has 4 nitrogen and oxygen atoms in total. The lowest BCUT2D eigenvalue weighted by Crippen LogP contribution is -2.42. The lowest BCUT2D eigenvalue weighted by molar-refractivity contribution is 0.0698. The van der Waals surface area contributed by atoms with Gasteiger partial charge in [0.05, 0.1) is 11.6 Å². The number of carboxylic acids is 1. The first-order valence-electron chi connectivity index (χ1n) is 9.25. The van der Waals surface area contributed by atoms with Crippen LogP contribution >= 0.6 is 0 Å². The van der Waals surface area contributed by atoms with Crippen molar-refractivity contribution in [2.45, 2.75) is 31.3 Å². The number of likely N-dealkylation sites (tertiary alicyclic amines) is 1. The minimum atomic E-state index is -0.872. The molecule has 4 rings (SSSR count). The Kier molecular flexibility index (Phi) is 4.51. The first-order valence-corrected chi connectivity index (χ1v) is 9.25. The largest absolute Gasteiger partial charge is 0.478 e. The normalized spacial score (nSPS) is 19.5. The fourth-order valence-corrected chi connectivity index (χ4v) is 4.32. The molecule has 2 unspecified atom stereocenters.